The van der Waals surface area contributed by atoms with Crippen LogP contribution in [0.5, 0.6) is 5.88 Å². The molecule has 0 bridgehead atoms. The minimum atomic E-state index is 0.504. The summed E-state index contributed by atoms with van der Waals surface area (Å²) in [6, 6.07) is 11.2. The number of hydrogen-bond acceptors (Lipinski definition) is 3. The predicted molar refractivity (Wildman–Crippen MR) is 81.9 cm³/mol. The van der Waals surface area contributed by atoms with Gasteiger partial charge in [-0.1, -0.05) is 32.0 Å². The SMILES string of the molecule is CC(C)COc1nc(CNC2CC2)cc2ccccc12. The van der Waals surface area contributed by atoms with Gasteiger partial charge in [-0.3, -0.25) is 0 Å². The zero-order valence-corrected chi connectivity index (χ0v) is 12.2. The Morgan fingerprint density at radius 2 is 2.10 bits per heavy atom. The van der Waals surface area contributed by atoms with E-state index in [2.05, 4.69) is 48.4 Å². The monoisotopic (exact) mass is 270 g/mol. The van der Waals surface area contributed by atoms with Crippen molar-refractivity contribution in [1.29, 1.82) is 0 Å². The van der Waals surface area contributed by atoms with E-state index >= 15 is 0 Å². The number of nitrogens with zero attached hydrogens (tertiary/aromatic N) is 1. The van der Waals surface area contributed by atoms with Crippen molar-refractivity contribution >= 4 is 10.8 Å². The molecule has 0 saturated heterocycles. The summed E-state index contributed by atoms with van der Waals surface area (Å²) in [7, 11) is 0. The summed E-state index contributed by atoms with van der Waals surface area (Å²) in [5, 5.41) is 5.81. The van der Waals surface area contributed by atoms with Crippen LogP contribution in [0.15, 0.2) is 30.3 Å². The highest BCUT2D eigenvalue weighted by Gasteiger charge is 2.20. The van der Waals surface area contributed by atoms with E-state index in [0.29, 0.717) is 18.6 Å². The molecule has 1 aliphatic rings. The van der Waals surface area contributed by atoms with Crippen molar-refractivity contribution in [3.8, 4) is 5.88 Å². The lowest BCUT2D eigenvalue weighted by Gasteiger charge is -2.12. The summed E-state index contributed by atoms with van der Waals surface area (Å²) in [6.07, 6.45) is 2.59. The zero-order chi connectivity index (χ0) is 13.9. The Morgan fingerprint density at radius 3 is 2.85 bits per heavy atom. The first-order valence-corrected chi connectivity index (χ1v) is 7.47. The van der Waals surface area contributed by atoms with Gasteiger partial charge in [0, 0.05) is 18.0 Å². The van der Waals surface area contributed by atoms with Gasteiger partial charge in [0.25, 0.3) is 0 Å². The molecule has 1 fully saturated rings. The van der Waals surface area contributed by atoms with Gasteiger partial charge in [-0.05, 0) is 36.3 Å². The molecule has 1 saturated carbocycles. The van der Waals surface area contributed by atoms with E-state index in [0.717, 1.165) is 23.5 Å². The summed E-state index contributed by atoms with van der Waals surface area (Å²) in [5.41, 5.74) is 1.06. The standard InChI is InChI=1S/C17H22N2O/c1-12(2)11-20-17-16-6-4-3-5-13(16)9-15(19-17)10-18-14-7-8-14/h3-6,9,12,14,18H,7-8,10-11H2,1-2H3. The van der Waals surface area contributed by atoms with Crippen molar-refractivity contribution in [2.45, 2.75) is 39.3 Å². The highest BCUT2D eigenvalue weighted by molar-refractivity contribution is 5.87. The van der Waals surface area contributed by atoms with Gasteiger partial charge >= 0.3 is 0 Å². The van der Waals surface area contributed by atoms with Gasteiger partial charge in [0.15, 0.2) is 0 Å². The van der Waals surface area contributed by atoms with E-state index < -0.39 is 0 Å². The molecule has 0 aliphatic heterocycles. The molecular weight excluding hydrogens is 248 g/mol. The first-order valence-electron chi connectivity index (χ1n) is 7.47. The average molecular weight is 270 g/mol. The average Bonchev–Trinajstić information content (AvgIpc) is 3.26. The van der Waals surface area contributed by atoms with Crippen molar-refractivity contribution in [1.82, 2.24) is 10.3 Å². The number of ether oxygens (including phenoxy) is 1. The third-order valence-electron chi connectivity index (χ3n) is 3.46. The zero-order valence-electron chi connectivity index (χ0n) is 12.2. The van der Waals surface area contributed by atoms with E-state index in [1.807, 2.05) is 6.07 Å². The maximum atomic E-state index is 5.90. The lowest BCUT2D eigenvalue weighted by Crippen LogP contribution is -2.16. The van der Waals surface area contributed by atoms with Gasteiger partial charge < -0.3 is 10.1 Å². The molecule has 0 amide bonds. The van der Waals surface area contributed by atoms with Crippen LogP contribution in [0.4, 0.5) is 0 Å². The summed E-state index contributed by atoms with van der Waals surface area (Å²) < 4.78 is 5.90. The molecule has 1 heterocycles. The second kappa shape index (κ2) is 5.80. The molecule has 0 radical (unpaired) electrons. The number of nitrogens with one attached hydrogen (secondary N) is 1. The number of benzene rings is 1. The molecular formula is C17H22N2O. The van der Waals surface area contributed by atoms with Crippen LogP contribution in [0, 0.1) is 5.92 Å². The Hall–Kier alpha value is -1.61. The summed E-state index contributed by atoms with van der Waals surface area (Å²) in [4.78, 5) is 4.69. The summed E-state index contributed by atoms with van der Waals surface area (Å²) >= 11 is 0. The van der Waals surface area contributed by atoms with Crippen LogP contribution in [0.1, 0.15) is 32.4 Å². The van der Waals surface area contributed by atoms with E-state index in [9.17, 15) is 0 Å². The first-order chi connectivity index (χ1) is 9.72. The molecule has 3 heteroatoms. The minimum absolute atomic E-state index is 0.504. The fourth-order valence-electron chi connectivity index (χ4n) is 2.20. The molecule has 3 nitrogen and oxygen atoms in total. The second-order valence-electron chi connectivity index (χ2n) is 6.00. The lowest BCUT2D eigenvalue weighted by atomic mass is 10.1. The molecule has 1 N–H and O–H groups in total. The number of aromatic nitrogens is 1. The van der Waals surface area contributed by atoms with Crippen LogP contribution in [0.3, 0.4) is 0 Å². The van der Waals surface area contributed by atoms with Crippen molar-refractivity contribution in [3.63, 3.8) is 0 Å². The van der Waals surface area contributed by atoms with Crippen molar-refractivity contribution in [2.75, 3.05) is 6.61 Å². The van der Waals surface area contributed by atoms with E-state index in [1.165, 1.54) is 18.2 Å². The van der Waals surface area contributed by atoms with Crippen molar-refractivity contribution in [2.24, 2.45) is 5.92 Å². The van der Waals surface area contributed by atoms with Crippen LogP contribution in [-0.2, 0) is 6.54 Å². The highest BCUT2D eigenvalue weighted by atomic mass is 16.5. The first kappa shape index (κ1) is 13.4. The van der Waals surface area contributed by atoms with Crippen LogP contribution in [-0.4, -0.2) is 17.6 Å². The molecule has 3 rings (SSSR count). The molecule has 20 heavy (non-hydrogen) atoms. The molecule has 0 unspecified atom stereocenters. The predicted octanol–water partition coefficient (Wildman–Crippen LogP) is 3.52. The van der Waals surface area contributed by atoms with Crippen LogP contribution < -0.4 is 10.1 Å². The molecule has 1 aromatic heterocycles. The third kappa shape index (κ3) is 3.28. The van der Waals surface area contributed by atoms with E-state index in [1.54, 1.807) is 0 Å². The fourth-order valence-corrected chi connectivity index (χ4v) is 2.20. The van der Waals surface area contributed by atoms with Crippen LogP contribution in [0.2, 0.25) is 0 Å². The van der Waals surface area contributed by atoms with Crippen LogP contribution in [0.25, 0.3) is 10.8 Å². The molecule has 1 aromatic carbocycles. The van der Waals surface area contributed by atoms with E-state index in [4.69, 9.17) is 4.74 Å². The fraction of sp³-hybridized carbons (Fsp3) is 0.471. The highest BCUT2D eigenvalue weighted by Crippen LogP contribution is 2.25. The largest absolute Gasteiger partial charge is 0.477 e. The molecule has 106 valence electrons. The lowest BCUT2D eigenvalue weighted by molar-refractivity contribution is 0.264. The quantitative estimate of drug-likeness (QED) is 0.872. The normalized spacial score (nSPS) is 14.9. The second-order valence-corrected chi connectivity index (χ2v) is 6.00. The summed E-state index contributed by atoms with van der Waals surface area (Å²) in [6.45, 7) is 5.84. The van der Waals surface area contributed by atoms with Crippen molar-refractivity contribution in [3.05, 3.63) is 36.0 Å². The Bertz CT molecular complexity index is 591. The number of rotatable bonds is 6. The minimum Gasteiger partial charge on any atom is -0.477 e. The Balaban J connectivity index is 1.86. The van der Waals surface area contributed by atoms with Gasteiger partial charge in [-0.25, -0.2) is 4.98 Å². The third-order valence-corrected chi connectivity index (χ3v) is 3.46. The van der Waals surface area contributed by atoms with E-state index in [-0.39, 0.29) is 0 Å². The van der Waals surface area contributed by atoms with Gasteiger partial charge in [0.2, 0.25) is 5.88 Å². The Kier molecular flexibility index (Phi) is 3.88. The maximum Gasteiger partial charge on any atom is 0.221 e. The number of pyridine rings is 1. The molecule has 1 aliphatic carbocycles. The maximum absolute atomic E-state index is 5.90. The van der Waals surface area contributed by atoms with Crippen molar-refractivity contribution < 1.29 is 4.74 Å². The van der Waals surface area contributed by atoms with Gasteiger partial charge in [-0.15, -0.1) is 0 Å². The smallest absolute Gasteiger partial charge is 0.221 e. The topological polar surface area (TPSA) is 34.1 Å². The number of hydrogen-bond donors (Lipinski definition) is 1. The van der Waals surface area contributed by atoms with Gasteiger partial charge in [-0.2, -0.15) is 0 Å². The Morgan fingerprint density at radius 1 is 1.30 bits per heavy atom. The van der Waals surface area contributed by atoms with Crippen LogP contribution >= 0.6 is 0 Å². The summed E-state index contributed by atoms with van der Waals surface area (Å²) in [5.74, 6) is 1.27. The Labute approximate surface area is 120 Å². The molecule has 0 spiro atoms. The van der Waals surface area contributed by atoms with Gasteiger partial charge in [0.05, 0.1) is 12.3 Å². The molecule has 0 atom stereocenters. The number of fused-ring (bicyclic) bond motifs is 1. The van der Waals surface area contributed by atoms with Gasteiger partial charge in [0.1, 0.15) is 0 Å². The molecule has 2 aromatic rings.